The summed E-state index contributed by atoms with van der Waals surface area (Å²) in [6.45, 7) is 4.07. The van der Waals surface area contributed by atoms with E-state index in [1.165, 1.54) is 0 Å². The van der Waals surface area contributed by atoms with Crippen molar-refractivity contribution in [3.63, 3.8) is 0 Å². The molecule has 6 heteroatoms. The fraction of sp³-hybridized carbons (Fsp3) is 0.250. The molecule has 0 saturated carbocycles. The zero-order chi connectivity index (χ0) is 18.9. The van der Waals surface area contributed by atoms with E-state index in [4.69, 9.17) is 4.74 Å². The summed E-state index contributed by atoms with van der Waals surface area (Å²) in [4.78, 5) is 24.0. The van der Waals surface area contributed by atoms with Gasteiger partial charge >= 0.3 is 0 Å². The smallest absolute Gasteiger partial charge is 0.271 e. The number of hydrazone groups is 1. The molecule has 0 heterocycles. The first-order chi connectivity index (χ1) is 12.5. The fourth-order valence-electron chi connectivity index (χ4n) is 2.19. The van der Waals surface area contributed by atoms with Crippen LogP contribution in [0.15, 0.2) is 53.6 Å². The van der Waals surface area contributed by atoms with Crippen LogP contribution in [0.1, 0.15) is 34.8 Å². The quantitative estimate of drug-likeness (QED) is 0.593. The molecule has 0 radical (unpaired) electrons. The molecule has 2 aromatic carbocycles. The second-order valence-corrected chi connectivity index (χ2v) is 5.96. The summed E-state index contributed by atoms with van der Waals surface area (Å²) in [7, 11) is 1.61. The highest BCUT2D eigenvalue weighted by Gasteiger charge is 2.06. The van der Waals surface area contributed by atoms with Gasteiger partial charge in [-0.25, -0.2) is 5.43 Å². The van der Waals surface area contributed by atoms with Crippen molar-refractivity contribution in [2.24, 2.45) is 5.10 Å². The number of nitrogens with one attached hydrogen (secondary N) is 2. The number of nitrogens with zero attached hydrogens (tertiary/aromatic N) is 1. The minimum absolute atomic E-state index is 0.115. The summed E-state index contributed by atoms with van der Waals surface area (Å²) in [6.07, 6.45) is 0.115. The first-order valence-electron chi connectivity index (χ1n) is 8.27. The van der Waals surface area contributed by atoms with Crippen LogP contribution in [0, 0.1) is 6.92 Å². The Morgan fingerprint density at radius 1 is 1.04 bits per heavy atom. The standard InChI is InChI=1S/C20H23N3O3/c1-14-4-8-17(9-5-14)20(25)23-22-15(2)12-19(24)21-13-16-6-10-18(26-3)11-7-16/h4-11H,12-13H2,1-3H3,(H,21,24)(H,23,25). The minimum atomic E-state index is -0.303. The van der Waals surface area contributed by atoms with Crippen molar-refractivity contribution in [2.45, 2.75) is 26.8 Å². The Morgan fingerprint density at radius 3 is 2.31 bits per heavy atom. The van der Waals surface area contributed by atoms with Crippen molar-refractivity contribution in [3.8, 4) is 5.75 Å². The van der Waals surface area contributed by atoms with Crippen LogP contribution in [-0.4, -0.2) is 24.6 Å². The third-order valence-corrected chi connectivity index (χ3v) is 3.73. The second-order valence-electron chi connectivity index (χ2n) is 5.96. The van der Waals surface area contributed by atoms with E-state index >= 15 is 0 Å². The molecule has 0 saturated heterocycles. The zero-order valence-corrected chi connectivity index (χ0v) is 15.2. The van der Waals surface area contributed by atoms with E-state index < -0.39 is 0 Å². The molecule has 0 aliphatic heterocycles. The van der Waals surface area contributed by atoms with Crippen molar-refractivity contribution in [1.29, 1.82) is 0 Å². The fourth-order valence-corrected chi connectivity index (χ4v) is 2.19. The van der Waals surface area contributed by atoms with Gasteiger partial charge in [0.1, 0.15) is 5.75 Å². The molecule has 0 unspecified atom stereocenters. The van der Waals surface area contributed by atoms with Gasteiger partial charge in [-0.1, -0.05) is 29.8 Å². The predicted molar refractivity (Wildman–Crippen MR) is 101 cm³/mol. The molecule has 136 valence electrons. The summed E-state index contributed by atoms with van der Waals surface area (Å²) < 4.78 is 5.09. The maximum atomic E-state index is 12.0. The lowest BCUT2D eigenvalue weighted by Gasteiger charge is -2.07. The van der Waals surface area contributed by atoms with Crippen molar-refractivity contribution in [1.82, 2.24) is 10.7 Å². The van der Waals surface area contributed by atoms with Gasteiger partial charge in [-0.3, -0.25) is 9.59 Å². The maximum absolute atomic E-state index is 12.0. The van der Waals surface area contributed by atoms with Crippen molar-refractivity contribution < 1.29 is 14.3 Å². The van der Waals surface area contributed by atoms with Crippen molar-refractivity contribution >= 4 is 17.5 Å². The highest BCUT2D eigenvalue weighted by atomic mass is 16.5. The van der Waals surface area contributed by atoms with Crippen LogP contribution in [0.25, 0.3) is 0 Å². The van der Waals surface area contributed by atoms with Gasteiger partial charge in [-0.05, 0) is 43.7 Å². The lowest BCUT2D eigenvalue weighted by molar-refractivity contribution is -0.120. The van der Waals surface area contributed by atoms with E-state index in [9.17, 15) is 9.59 Å². The molecule has 0 bridgehead atoms. The first kappa shape index (κ1) is 19.2. The van der Waals surface area contributed by atoms with Gasteiger partial charge in [-0.15, -0.1) is 0 Å². The largest absolute Gasteiger partial charge is 0.497 e. The molecule has 0 aliphatic rings. The van der Waals surface area contributed by atoms with Crippen molar-refractivity contribution in [2.75, 3.05) is 7.11 Å². The Hall–Kier alpha value is -3.15. The predicted octanol–water partition coefficient (Wildman–Crippen LogP) is 2.82. The summed E-state index contributed by atoms with van der Waals surface area (Å²) in [5.41, 5.74) is 5.57. The van der Waals surface area contributed by atoms with Gasteiger partial charge in [0.15, 0.2) is 0 Å². The average Bonchev–Trinajstić information content (AvgIpc) is 2.65. The van der Waals surface area contributed by atoms with Gasteiger partial charge < -0.3 is 10.1 Å². The van der Waals surface area contributed by atoms with Gasteiger partial charge in [0.25, 0.3) is 5.91 Å². The van der Waals surface area contributed by atoms with E-state index in [0.717, 1.165) is 16.9 Å². The summed E-state index contributed by atoms with van der Waals surface area (Å²) in [5, 5.41) is 6.80. The molecular formula is C20H23N3O3. The molecule has 2 rings (SSSR count). The topological polar surface area (TPSA) is 79.8 Å². The van der Waals surface area contributed by atoms with Crippen LogP contribution in [0.3, 0.4) is 0 Å². The number of carbonyl (C=O) groups is 2. The summed E-state index contributed by atoms with van der Waals surface area (Å²) in [5.74, 6) is 0.307. The summed E-state index contributed by atoms with van der Waals surface area (Å²) in [6, 6.07) is 14.7. The summed E-state index contributed by atoms with van der Waals surface area (Å²) >= 11 is 0. The van der Waals surface area contributed by atoms with Crippen LogP contribution in [0.4, 0.5) is 0 Å². The highest BCUT2D eigenvalue weighted by molar-refractivity contribution is 6.01. The molecule has 2 aromatic rings. The minimum Gasteiger partial charge on any atom is -0.497 e. The van der Waals surface area contributed by atoms with Gasteiger partial charge in [0.05, 0.1) is 13.5 Å². The molecule has 0 spiro atoms. The molecule has 0 fully saturated rings. The third-order valence-electron chi connectivity index (χ3n) is 3.73. The van der Waals surface area contributed by atoms with Crippen molar-refractivity contribution in [3.05, 3.63) is 65.2 Å². The SMILES string of the molecule is COc1ccc(CNC(=O)CC(C)=NNC(=O)c2ccc(C)cc2)cc1. The molecule has 2 N–H and O–H groups in total. The first-order valence-corrected chi connectivity index (χ1v) is 8.27. The number of benzene rings is 2. The molecule has 6 nitrogen and oxygen atoms in total. The highest BCUT2D eigenvalue weighted by Crippen LogP contribution is 2.11. The van der Waals surface area contributed by atoms with E-state index in [2.05, 4.69) is 15.8 Å². The average molecular weight is 353 g/mol. The van der Waals surface area contributed by atoms with E-state index in [1.54, 1.807) is 26.2 Å². The number of carbonyl (C=O) groups excluding carboxylic acids is 2. The molecule has 0 aromatic heterocycles. The van der Waals surface area contributed by atoms with E-state index in [-0.39, 0.29) is 18.2 Å². The maximum Gasteiger partial charge on any atom is 0.271 e. The van der Waals surface area contributed by atoms with Crippen LogP contribution in [0.5, 0.6) is 5.75 Å². The Labute approximate surface area is 153 Å². The number of methoxy groups -OCH3 is 1. The third kappa shape index (κ3) is 6.05. The van der Waals surface area contributed by atoms with Crippen LogP contribution in [-0.2, 0) is 11.3 Å². The zero-order valence-electron chi connectivity index (χ0n) is 15.2. The lowest BCUT2D eigenvalue weighted by Crippen LogP contribution is -2.26. The molecule has 0 atom stereocenters. The Balaban J connectivity index is 1.78. The second kappa shape index (κ2) is 9.36. The Bertz CT molecular complexity index is 781. The molecule has 0 aliphatic carbocycles. The molecule has 2 amide bonds. The normalized spacial score (nSPS) is 11.0. The number of ether oxygens (including phenoxy) is 1. The number of amides is 2. The Kier molecular flexibility index (Phi) is 6.91. The van der Waals surface area contributed by atoms with Gasteiger partial charge in [0, 0.05) is 17.8 Å². The monoisotopic (exact) mass is 353 g/mol. The number of hydrogen-bond donors (Lipinski definition) is 2. The molecule has 26 heavy (non-hydrogen) atoms. The van der Waals surface area contributed by atoms with E-state index in [1.807, 2.05) is 43.3 Å². The van der Waals surface area contributed by atoms with Crippen LogP contribution >= 0.6 is 0 Å². The number of hydrogen-bond acceptors (Lipinski definition) is 4. The number of aryl methyl sites for hydroxylation is 1. The molecular weight excluding hydrogens is 330 g/mol. The van der Waals surface area contributed by atoms with Crippen LogP contribution in [0.2, 0.25) is 0 Å². The van der Waals surface area contributed by atoms with Gasteiger partial charge in [0.2, 0.25) is 5.91 Å². The van der Waals surface area contributed by atoms with Gasteiger partial charge in [-0.2, -0.15) is 5.10 Å². The lowest BCUT2D eigenvalue weighted by atomic mass is 10.1. The van der Waals surface area contributed by atoms with Crippen LogP contribution < -0.4 is 15.5 Å². The Morgan fingerprint density at radius 2 is 1.69 bits per heavy atom. The number of rotatable bonds is 7. The van der Waals surface area contributed by atoms with E-state index in [0.29, 0.717) is 17.8 Å².